The van der Waals surface area contributed by atoms with Gasteiger partial charge in [0.25, 0.3) is 11.6 Å². The number of amides is 2. The Kier molecular flexibility index (Phi) is 7.81. The monoisotopic (exact) mass is 411 g/mol. The average Bonchev–Trinajstić information content (AvgIpc) is 2.72. The second kappa shape index (κ2) is 10.5. The smallest absolute Gasteiger partial charge is 0.328 e. The molecule has 0 aliphatic carbocycles. The fourth-order valence-electron chi connectivity index (χ4n) is 2.46. The second-order valence-electron chi connectivity index (χ2n) is 6.36. The number of ether oxygens (including phenoxy) is 1. The van der Waals surface area contributed by atoms with Crippen molar-refractivity contribution < 1.29 is 24.0 Å². The molecule has 0 aliphatic heterocycles. The van der Waals surface area contributed by atoms with Crippen LogP contribution in [0.2, 0.25) is 0 Å². The zero-order valence-corrected chi connectivity index (χ0v) is 16.5. The Labute approximate surface area is 172 Å². The molecule has 2 N–H and O–H groups in total. The number of carbonyl (C=O) groups excluding carboxylic acids is 3. The molecule has 0 heterocycles. The zero-order valence-electron chi connectivity index (χ0n) is 16.5. The van der Waals surface area contributed by atoms with Gasteiger partial charge in [0, 0.05) is 12.1 Å². The number of aryl methyl sites for hydroxylation is 1. The van der Waals surface area contributed by atoms with E-state index in [-0.39, 0.29) is 11.4 Å². The Hall–Kier alpha value is -4.01. The van der Waals surface area contributed by atoms with Crippen LogP contribution in [0.5, 0.6) is 0 Å². The first-order chi connectivity index (χ1) is 14.3. The van der Waals surface area contributed by atoms with Crippen molar-refractivity contribution in [1.29, 1.82) is 0 Å². The number of nitro groups is 1. The number of hydrogen-bond donors (Lipinski definition) is 2. The molecule has 0 bridgehead atoms. The zero-order chi connectivity index (χ0) is 22.1. The third-order valence-corrected chi connectivity index (χ3v) is 4.00. The van der Waals surface area contributed by atoms with Crippen LogP contribution in [0.4, 0.5) is 11.4 Å². The van der Waals surface area contributed by atoms with Gasteiger partial charge in [0.1, 0.15) is 11.7 Å². The minimum absolute atomic E-state index is 0.0379. The number of nitro benzene ring substituents is 1. The third-order valence-electron chi connectivity index (χ3n) is 4.00. The number of nitrogens with zero attached hydrogens (tertiary/aromatic N) is 1. The molecule has 0 saturated heterocycles. The van der Waals surface area contributed by atoms with Gasteiger partial charge in [-0.3, -0.25) is 19.7 Å². The average molecular weight is 411 g/mol. The molecule has 0 unspecified atom stereocenters. The topological polar surface area (TPSA) is 128 Å². The van der Waals surface area contributed by atoms with Crippen molar-refractivity contribution in [2.24, 2.45) is 0 Å². The minimum atomic E-state index is -0.987. The molecule has 2 aromatic rings. The van der Waals surface area contributed by atoms with E-state index in [1.807, 2.05) is 30.3 Å². The van der Waals surface area contributed by atoms with E-state index in [0.717, 1.165) is 5.56 Å². The molecule has 1 atom stereocenters. The van der Waals surface area contributed by atoms with Crippen molar-refractivity contribution in [2.75, 3.05) is 11.9 Å². The summed E-state index contributed by atoms with van der Waals surface area (Å²) in [5, 5.41) is 15.9. The number of nitrogens with one attached hydrogen (secondary N) is 2. The van der Waals surface area contributed by atoms with Crippen LogP contribution >= 0.6 is 0 Å². The molecule has 0 aromatic heterocycles. The maximum Gasteiger partial charge on any atom is 0.328 e. The van der Waals surface area contributed by atoms with E-state index in [0.29, 0.717) is 5.56 Å². The highest BCUT2D eigenvalue weighted by molar-refractivity contribution is 5.97. The maximum atomic E-state index is 12.0. The van der Waals surface area contributed by atoms with E-state index in [1.165, 1.54) is 25.1 Å². The maximum absolute atomic E-state index is 12.0. The third kappa shape index (κ3) is 6.55. The standard InChI is InChI=1S/C21H21N3O6/c1-14-7-6-10-17(24(28)29)20(14)23-19(26)13-30-21(27)15(2)22-18(25)12-11-16-8-4-3-5-9-16/h3-12,15H,13H2,1-2H3,(H,22,25)(H,23,26)/b12-11+/t15-/m0/s1. The predicted octanol–water partition coefficient (Wildman–Crippen LogP) is 2.60. The van der Waals surface area contributed by atoms with Crippen molar-refractivity contribution in [3.05, 3.63) is 75.8 Å². The molecule has 156 valence electrons. The van der Waals surface area contributed by atoms with Gasteiger partial charge in [-0.1, -0.05) is 42.5 Å². The number of benzene rings is 2. The summed E-state index contributed by atoms with van der Waals surface area (Å²) in [5.41, 5.74) is 1.09. The lowest BCUT2D eigenvalue weighted by Crippen LogP contribution is -2.39. The van der Waals surface area contributed by atoms with E-state index >= 15 is 0 Å². The van der Waals surface area contributed by atoms with Gasteiger partial charge < -0.3 is 15.4 Å². The molecular formula is C21H21N3O6. The van der Waals surface area contributed by atoms with Gasteiger partial charge in [-0.25, -0.2) is 4.79 Å². The van der Waals surface area contributed by atoms with Crippen LogP contribution in [-0.2, 0) is 19.1 Å². The number of esters is 1. The van der Waals surface area contributed by atoms with Crippen LogP contribution < -0.4 is 10.6 Å². The number of rotatable bonds is 8. The minimum Gasteiger partial charge on any atom is -0.454 e. The van der Waals surface area contributed by atoms with Gasteiger partial charge in [0.05, 0.1) is 4.92 Å². The van der Waals surface area contributed by atoms with E-state index in [1.54, 1.807) is 19.1 Å². The van der Waals surface area contributed by atoms with E-state index in [4.69, 9.17) is 4.74 Å². The molecule has 0 saturated carbocycles. The molecule has 0 fully saturated rings. The Bertz CT molecular complexity index is 972. The Balaban J connectivity index is 1.85. The lowest BCUT2D eigenvalue weighted by molar-refractivity contribution is -0.384. The molecule has 9 heteroatoms. The molecule has 2 aromatic carbocycles. The van der Waals surface area contributed by atoms with Crippen LogP contribution in [0.3, 0.4) is 0 Å². The summed E-state index contributed by atoms with van der Waals surface area (Å²) in [5.74, 6) is -2.04. The Morgan fingerprint density at radius 2 is 1.83 bits per heavy atom. The fraction of sp³-hybridized carbons (Fsp3) is 0.190. The van der Waals surface area contributed by atoms with Crippen molar-refractivity contribution in [3.63, 3.8) is 0 Å². The molecule has 2 rings (SSSR count). The number of anilines is 1. The summed E-state index contributed by atoms with van der Waals surface area (Å²) in [6.45, 7) is 2.38. The van der Waals surface area contributed by atoms with Gasteiger partial charge in [0.2, 0.25) is 5.91 Å². The number of para-hydroxylation sites is 1. The van der Waals surface area contributed by atoms with Gasteiger partial charge in [0.15, 0.2) is 6.61 Å². The van der Waals surface area contributed by atoms with Gasteiger partial charge in [-0.15, -0.1) is 0 Å². The van der Waals surface area contributed by atoms with Gasteiger partial charge >= 0.3 is 5.97 Å². The van der Waals surface area contributed by atoms with Crippen molar-refractivity contribution in [2.45, 2.75) is 19.9 Å². The highest BCUT2D eigenvalue weighted by Crippen LogP contribution is 2.27. The summed E-state index contributed by atoms with van der Waals surface area (Å²) < 4.78 is 4.88. The molecule has 30 heavy (non-hydrogen) atoms. The molecular weight excluding hydrogens is 390 g/mol. The molecule has 0 spiro atoms. The van der Waals surface area contributed by atoms with Gasteiger partial charge in [-0.05, 0) is 31.1 Å². The Morgan fingerprint density at radius 1 is 1.13 bits per heavy atom. The van der Waals surface area contributed by atoms with E-state index in [2.05, 4.69) is 10.6 Å². The SMILES string of the molecule is Cc1cccc([N+](=O)[O-])c1NC(=O)COC(=O)[C@H](C)NC(=O)/C=C/c1ccccc1. The van der Waals surface area contributed by atoms with Crippen LogP contribution in [0.15, 0.2) is 54.6 Å². The second-order valence-corrected chi connectivity index (χ2v) is 6.36. The van der Waals surface area contributed by atoms with Crippen LogP contribution in [0.1, 0.15) is 18.1 Å². The predicted molar refractivity (Wildman–Crippen MR) is 111 cm³/mol. The largest absolute Gasteiger partial charge is 0.454 e. The first kappa shape index (κ1) is 22.3. The summed E-state index contributed by atoms with van der Waals surface area (Å²) in [7, 11) is 0. The Morgan fingerprint density at radius 3 is 2.50 bits per heavy atom. The summed E-state index contributed by atoms with van der Waals surface area (Å²) in [6, 6.07) is 12.5. The number of carbonyl (C=O) groups is 3. The molecule has 0 radical (unpaired) electrons. The molecule has 0 aliphatic rings. The van der Waals surface area contributed by atoms with Gasteiger partial charge in [-0.2, -0.15) is 0 Å². The molecule has 9 nitrogen and oxygen atoms in total. The lowest BCUT2D eigenvalue weighted by atomic mass is 10.1. The first-order valence-corrected chi connectivity index (χ1v) is 9.02. The summed E-state index contributed by atoms with van der Waals surface area (Å²) in [6.07, 6.45) is 2.87. The van der Waals surface area contributed by atoms with Crippen molar-refractivity contribution in [3.8, 4) is 0 Å². The van der Waals surface area contributed by atoms with Crippen LogP contribution in [0, 0.1) is 17.0 Å². The quantitative estimate of drug-likeness (QED) is 0.297. The van der Waals surface area contributed by atoms with Crippen molar-refractivity contribution >= 4 is 35.2 Å². The van der Waals surface area contributed by atoms with Crippen LogP contribution in [0.25, 0.3) is 6.08 Å². The normalized spacial score (nSPS) is 11.5. The highest BCUT2D eigenvalue weighted by Gasteiger charge is 2.20. The lowest BCUT2D eigenvalue weighted by Gasteiger charge is -2.13. The molecule has 2 amide bonds. The van der Waals surface area contributed by atoms with E-state index in [9.17, 15) is 24.5 Å². The highest BCUT2D eigenvalue weighted by atomic mass is 16.6. The fourth-order valence-corrected chi connectivity index (χ4v) is 2.46. The van der Waals surface area contributed by atoms with Crippen LogP contribution in [-0.4, -0.2) is 35.4 Å². The van der Waals surface area contributed by atoms with E-state index < -0.39 is 35.4 Å². The first-order valence-electron chi connectivity index (χ1n) is 9.02. The van der Waals surface area contributed by atoms with Crippen molar-refractivity contribution in [1.82, 2.24) is 5.32 Å². The number of hydrogen-bond acceptors (Lipinski definition) is 6. The summed E-state index contributed by atoms with van der Waals surface area (Å²) in [4.78, 5) is 46.4. The summed E-state index contributed by atoms with van der Waals surface area (Å²) >= 11 is 0.